The van der Waals surface area contributed by atoms with E-state index in [0.717, 1.165) is 17.9 Å². The van der Waals surface area contributed by atoms with Crippen LogP contribution in [0.4, 0.5) is 16.2 Å². The van der Waals surface area contributed by atoms with E-state index in [1.165, 1.54) is 18.5 Å². The molecule has 1 aromatic carbocycles. The van der Waals surface area contributed by atoms with Crippen LogP contribution in [0.5, 0.6) is 0 Å². The minimum Gasteiger partial charge on any atom is -0.373 e. The fourth-order valence-corrected chi connectivity index (χ4v) is 3.02. The zero-order valence-corrected chi connectivity index (χ0v) is 13.8. The first-order chi connectivity index (χ1) is 11.7. The molecule has 24 heavy (non-hydrogen) atoms. The predicted octanol–water partition coefficient (Wildman–Crippen LogP) is 2.84. The van der Waals surface area contributed by atoms with Crippen molar-refractivity contribution in [3.8, 4) is 0 Å². The van der Waals surface area contributed by atoms with Gasteiger partial charge in [0.15, 0.2) is 0 Å². The zero-order chi connectivity index (χ0) is 16.5. The molecule has 1 aliphatic carbocycles. The van der Waals surface area contributed by atoms with Crippen LogP contribution in [-0.2, 0) is 6.54 Å². The van der Waals surface area contributed by atoms with Gasteiger partial charge in [0.1, 0.15) is 5.82 Å². The Kier molecular flexibility index (Phi) is 3.80. The number of nitrogens with one attached hydrogen (secondary N) is 1. The Morgan fingerprint density at radius 3 is 2.67 bits per heavy atom. The maximum absolute atomic E-state index is 12.6. The van der Waals surface area contributed by atoms with E-state index >= 15 is 0 Å². The second-order valence-electron chi connectivity index (χ2n) is 6.51. The van der Waals surface area contributed by atoms with Crippen molar-refractivity contribution >= 4 is 17.4 Å². The fourth-order valence-electron chi connectivity index (χ4n) is 3.02. The second kappa shape index (κ2) is 6.11. The van der Waals surface area contributed by atoms with Gasteiger partial charge in [-0.25, -0.2) is 14.8 Å². The Bertz CT molecular complexity index is 741. The molecule has 2 heterocycles. The van der Waals surface area contributed by atoms with Gasteiger partial charge in [0.2, 0.25) is 0 Å². The Morgan fingerprint density at radius 1 is 1.17 bits per heavy atom. The highest BCUT2D eigenvalue weighted by molar-refractivity contribution is 5.89. The first-order valence-electron chi connectivity index (χ1n) is 8.37. The van der Waals surface area contributed by atoms with Gasteiger partial charge in [0.25, 0.3) is 0 Å². The van der Waals surface area contributed by atoms with Crippen LogP contribution in [0.1, 0.15) is 30.1 Å². The molecule has 1 aromatic heterocycles. The van der Waals surface area contributed by atoms with Crippen LogP contribution in [0.15, 0.2) is 36.7 Å². The Balaban J connectivity index is 1.46. The number of hydrogen-bond acceptors (Lipinski definition) is 4. The predicted molar refractivity (Wildman–Crippen MR) is 93.1 cm³/mol. The molecule has 1 aliphatic heterocycles. The smallest absolute Gasteiger partial charge is 0.322 e. The number of nitrogens with zero attached hydrogens (tertiary/aromatic N) is 4. The third kappa shape index (κ3) is 3.04. The third-order valence-electron chi connectivity index (χ3n) is 4.62. The highest BCUT2D eigenvalue weighted by Crippen LogP contribution is 2.37. The van der Waals surface area contributed by atoms with Crippen molar-refractivity contribution in [2.75, 3.05) is 30.4 Å². The van der Waals surface area contributed by atoms with E-state index in [-0.39, 0.29) is 6.03 Å². The summed E-state index contributed by atoms with van der Waals surface area (Å²) in [6.45, 7) is 2.09. The Labute approximate surface area is 141 Å². The largest absolute Gasteiger partial charge is 0.373 e. The van der Waals surface area contributed by atoms with Gasteiger partial charge in [-0.2, -0.15) is 0 Å². The van der Waals surface area contributed by atoms with Gasteiger partial charge in [0, 0.05) is 38.3 Å². The molecule has 4 rings (SSSR count). The van der Waals surface area contributed by atoms with E-state index in [4.69, 9.17) is 0 Å². The molecule has 1 N–H and O–H groups in total. The number of benzene rings is 1. The Hall–Kier alpha value is -2.63. The summed E-state index contributed by atoms with van der Waals surface area (Å²) in [6, 6.07) is 8.11. The van der Waals surface area contributed by atoms with Crippen molar-refractivity contribution in [1.82, 2.24) is 14.9 Å². The number of aromatic nitrogens is 2. The summed E-state index contributed by atoms with van der Waals surface area (Å²) in [5, 5.41) is 2.92. The normalized spacial score (nSPS) is 17.2. The molecule has 1 fully saturated rings. The summed E-state index contributed by atoms with van der Waals surface area (Å²) in [5.41, 5.74) is 2.99. The summed E-state index contributed by atoms with van der Waals surface area (Å²) in [7, 11) is 2.06. The van der Waals surface area contributed by atoms with E-state index < -0.39 is 0 Å². The lowest BCUT2D eigenvalue weighted by Gasteiger charge is -2.21. The van der Waals surface area contributed by atoms with E-state index in [0.29, 0.717) is 24.7 Å². The van der Waals surface area contributed by atoms with Gasteiger partial charge < -0.3 is 15.1 Å². The third-order valence-corrected chi connectivity index (χ3v) is 4.62. The van der Waals surface area contributed by atoms with Crippen LogP contribution in [0.2, 0.25) is 0 Å². The fraction of sp³-hybridized carbons (Fsp3) is 0.389. The molecule has 2 amide bonds. The molecular formula is C18H21N5O. The van der Waals surface area contributed by atoms with Gasteiger partial charge in [-0.05, 0) is 24.5 Å². The van der Waals surface area contributed by atoms with Crippen molar-refractivity contribution in [3.63, 3.8) is 0 Å². The number of likely N-dealkylation sites (N-methyl/N-ethyl adjacent to an activating group) is 1. The molecule has 2 aromatic rings. The molecular weight excluding hydrogens is 302 g/mol. The molecule has 124 valence electrons. The Morgan fingerprint density at radius 2 is 1.92 bits per heavy atom. The first-order valence-corrected chi connectivity index (χ1v) is 8.37. The molecule has 2 aliphatic rings. The molecule has 6 heteroatoms. The highest BCUT2D eigenvalue weighted by Gasteiger charge is 2.26. The number of rotatable bonds is 2. The summed E-state index contributed by atoms with van der Waals surface area (Å²) in [4.78, 5) is 25.3. The number of fused-ring (bicyclic) bond motifs is 1. The van der Waals surface area contributed by atoms with E-state index in [2.05, 4.69) is 39.4 Å². The number of carbonyl (C=O) groups excluding carboxylic acids is 1. The summed E-state index contributed by atoms with van der Waals surface area (Å²) in [6.07, 6.45) is 5.76. The molecule has 0 radical (unpaired) electrons. The van der Waals surface area contributed by atoms with Crippen molar-refractivity contribution in [3.05, 3.63) is 48.0 Å². The van der Waals surface area contributed by atoms with Gasteiger partial charge in [-0.3, -0.25) is 0 Å². The van der Waals surface area contributed by atoms with Crippen molar-refractivity contribution < 1.29 is 4.79 Å². The molecule has 1 saturated carbocycles. The highest BCUT2D eigenvalue weighted by atomic mass is 16.2. The lowest BCUT2D eigenvalue weighted by molar-refractivity contribution is 0.212. The number of amides is 2. The zero-order valence-electron chi connectivity index (χ0n) is 13.8. The average molecular weight is 323 g/mol. The molecule has 0 unspecified atom stereocenters. The van der Waals surface area contributed by atoms with Crippen LogP contribution < -0.4 is 10.2 Å². The maximum Gasteiger partial charge on any atom is 0.322 e. The van der Waals surface area contributed by atoms with Gasteiger partial charge >= 0.3 is 6.03 Å². The molecule has 0 saturated heterocycles. The van der Waals surface area contributed by atoms with Crippen molar-refractivity contribution in [1.29, 1.82) is 0 Å². The molecule has 6 nitrogen and oxygen atoms in total. The maximum atomic E-state index is 12.6. The van der Waals surface area contributed by atoms with E-state index in [1.54, 1.807) is 12.4 Å². The van der Waals surface area contributed by atoms with Crippen molar-refractivity contribution in [2.24, 2.45) is 0 Å². The van der Waals surface area contributed by atoms with Gasteiger partial charge in [0.05, 0.1) is 18.1 Å². The van der Waals surface area contributed by atoms with Gasteiger partial charge in [-0.15, -0.1) is 0 Å². The molecule has 0 atom stereocenters. The lowest BCUT2D eigenvalue weighted by Crippen LogP contribution is -2.37. The molecule has 0 bridgehead atoms. The standard InChI is InChI=1S/C18H21N5O/c1-22-8-9-23(12-14-4-2-3-5-16(14)22)18(24)21-15-10-19-17(20-11-15)13-6-7-13/h2-5,10-11,13H,6-9,12H2,1H3,(H,21,24). The van der Waals surface area contributed by atoms with Crippen LogP contribution in [0.25, 0.3) is 0 Å². The number of para-hydroxylation sites is 1. The average Bonchev–Trinajstić information content (AvgIpc) is 3.44. The first kappa shape index (κ1) is 14.9. The van der Waals surface area contributed by atoms with Gasteiger partial charge in [-0.1, -0.05) is 18.2 Å². The molecule has 0 spiro atoms. The van der Waals surface area contributed by atoms with E-state index in [9.17, 15) is 4.79 Å². The summed E-state index contributed by atoms with van der Waals surface area (Å²) < 4.78 is 0. The summed E-state index contributed by atoms with van der Waals surface area (Å²) >= 11 is 0. The van der Waals surface area contributed by atoms with Crippen LogP contribution in [-0.4, -0.2) is 41.0 Å². The van der Waals surface area contributed by atoms with Crippen LogP contribution >= 0.6 is 0 Å². The number of anilines is 2. The quantitative estimate of drug-likeness (QED) is 0.923. The monoisotopic (exact) mass is 323 g/mol. The van der Waals surface area contributed by atoms with Crippen LogP contribution in [0, 0.1) is 0 Å². The number of hydrogen-bond donors (Lipinski definition) is 1. The minimum atomic E-state index is -0.108. The minimum absolute atomic E-state index is 0.108. The SMILES string of the molecule is CN1CCN(C(=O)Nc2cnc(C3CC3)nc2)Cc2ccccc21. The van der Waals surface area contributed by atoms with Crippen molar-refractivity contribution in [2.45, 2.75) is 25.3 Å². The van der Waals surface area contributed by atoms with E-state index in [1.807, 2.05) is 17.0 Å². The lowest BCUT2D eigenvalue weighted by atomic mass is 10.1. The number of urea groups is 1. The second-order valence-corrected chi connectivity index (χ2v) is 6.51. The summed E-state index contributed by atoms with van der Waals surface area (Å²) in [5.74, 6) is 1.41. The van der Waals surface area contributed by atoms with Crippen LogP contribution in [0.3, 0.4) is 0 Å². The topological polar surface area (TPSA) is 61.4 Å². The number of carbonyl (C=O) groups is 1.